The zero-order chi connectivity index (χ0) is 17.5. The second kappa shape index (κ2) is 8.21. The smallest absolute Gasteiger partial charge is 0.273 e. The fourth-order valence-electron chi connectivity index (χ4n) is 2.02. The summed E-state index contributed by atoms with van der Waals surface area (Å²) in [4.78, 5) is 24.0. The molecule has 2 aromatic rings. The highest BCUT2D eigenvalue weighted by Gasteiger charge is 2.13. The van der Waals surface area contributed by atoms with E-state index in [1.54, 1.807) is 37.4 Å². The van der Waals surface area contributed by atoms with Crippen LogP contribution in [0.5, 0.6) is 11.5 Å². The van der Waals surface area contributed by atoms with Crippen molar-refractivity contribution < 1.29 is 19.1 Å². The van der Waals surface area contributed by atoms with Gasteiger partial charge in [-0.3, -0.25) is 20.4 Å². The van der Waals surface area contributed by atoms with E-state index in [1.807, 2.05) is 0 Å². The van der Waals surface area contributed by atoms with E-state index in [2.05, 4.69) is 10.9 Å². The molecule has 2 N–H and O–H groups in total. The Morgan fingerprint density at radius 3 is 2.33 bits per heavy atom. The van der Waals surface area contributed by atoms with Gasteiger partial charge in [0.1, 0.15) is 11.5 Å². The van der Waals surface area contributed by atoms with Gasteiger partial charge in [0.15, 0.2) is 0 Å². The van der Waals surface area contributed by atoms with Crippen molar-refractivity contribution in [3.63, 3.8) is 0 Å². The van der Waals surface area contributed by atoms with E-state index in [0.29, 0.717) is 16.5 Å². The van der Waals surface area contributed by atoms with Crippen LogP contribution in [0.4, 0.5) is 0 Å². The molecule has 126 valence electrons. The van der Waals surface area contributed by atoms with E-state index in [4.69, 9.17) is 21.1 Å². The van der Waals surface area contributed by atoms with E-state index < -0.39 is 5.91 Å². The summed E-state index contributed by atoms with van der Waals surface area (Å²) in [6.07, 6.45) is 0.127. The number of amides is 2. The lowest BCUT2D eigenvalue weighted by Crippen LogP contribution is -2.42. The Morgan fingerprint density at radius 1 is 1.00 bits per heavy atom. The van der Waals surface area contributed by atoms with E-state index >= 15 is 0 Å². The second-order valence-electron chi connectivity index (χ2n) is 4.87. The number of hydrazine groups is 1. The van der Waals surface area contributed by atoms with E-state index in [-0.39, 0.29) is 17.9 Å². The first-order chi connectivity index (χ1) is 11.5. The van der Waals surface area contributed by atoms with Crippen LogP contribution in [0.2, 0.25) is 5.02 Å². The van der Waals surface area contributed by atoms with Crippen LogP contribution in [-0.4, -0.2) is 26.0 Å². The third-order valence-corrected chi connectivity index (χ3v) is 3.48. The molecule has 0 bridgehead atoms. The van der Waals surface area contributed by atoms with Crippen LogP contribution in [-0.2, 0) is 11.2 Å². The Bertz CT molecular complexity index is 732. The van der Waals surface area contributed by atoms with E-state index in [0.717, 1.165) is 5.56 Å². The molecule has 0 spiro atoms. The molecule has 2 aromatic carbocycles. The Balaban J connectivity index is 1.92. The maximum Gasteiger partial charge on any atom is 0.273 e. The van der Waals surface area contributed by atoms with Gasteiger partial charge >= 0.3 is 0 Å². The molecule has 6 nitrogen and oxygen atoms in total. The Hall–Kier alpha value is -2.73. The highest BCUT2D eigenvalue weighted by atomic mass is 35.5. The van der Waals surface area contributed by atoms with Gasteiger partial charge in [0.25, 0.3) is 5.91 Å². The van der Waals surface area contributed by atoms with Gasteiger partial charge in [0.05, 0.1) is 26.2 Å². The van der Waals surface area contributed by atoms with Crippen molar-refractivity contribution in [2.45, 2.75) is 6.42 Å². The summed E-state index contributed by atoms with van der Waals surface area (Å²) in [5.74, 6) is 0.194. The van der Waals surface area contributed by atoms with Gasteiger partial charge in [-0.15, -0.1) is 0 Å². The molecule has 0 saturated heterocycles. The molecule has 0 fully saturated rings. The van der Waals surface area contributed by atoms with Gasteiger partial charge in [-0.05, 0) is 35.9 Å². The molecule has 0 aromatic heterocycles. The molecule has 7 heteroatoms. The molecule has 0 aliphatic heterocycles. The van der Waals surface area contributed by atoms with Crippen LogP contribution in [0, 0.1) is 0 Å². The van der Waals surface area contributed by atoms with Crippen molar-refractivity contribution in [3.05, 3.63) is 58.6 Å². The predicted molar refractivity (Wildman–Crippen MR) is 90.3 cm³/mol. The lowest BCUT2D eigenvalue weighted by atomic mass is 10.1. The summed E-state index contributed by atoms with van der Waals surface area (Å²) < 4.78 is 10.2. The van der Waals surface area contributed by atoms with Crippen molar-refractivity contribution >= 4 is 23.4 Å². The Labute approximate surface area is 144 Å². The number of hydrogen-bond acceptors (Lipinski definition) is 4. The maximum absolute atomic E-state index is 12.1. The number of nitrogens with one attached hydrogen (secondary N) is 2. The highest BCUT2D eigenvalue weighted by Crippen LogP contribution is 2.22. The first-order valence-electron chi connectivity index (χ1n) is 7.09. The average molecular weight is 349 g/mol. The molecule has 0 unspecified atom stereocenters. The summed E-state index contributed by atoms with van der Waals surface area (Å²) in [6, 6.07) is 11.7. The van der Waals surface area contributed by atoms with Crippen LogP contribution in [0.1, 0.15) is 15.9 Å². The summed E-state index contributed by atoms with van der Waals surface area (Å²) >= 11 is 5.85. The molecule has 0 aliphatic rings. The van der Waals surface area contributed by atoms with Crippen molar-refractivity contribution in [2.75, 3.05) is 14.2 Å². The van der Waals surface area contributed by atoms with Crippen LogP contribution in [0.25, 0.3) is 0 Å². The minimum atomic E-state index is -0.494. The van der Waals surface area contributed by atoms with Crippen molar-refractivity contribution in [2.24, 2.45) is 0 Å². The maximum atomic E-state index is 12.1. The molecule has 0 atom stereocenters. The minimum Gasteiger partial charge on any atom is -0.497 e. The van der Waals surface area contributed by atoms with Gasteiger partial charge in [0.2, 0.25) is 5.91 Å². The van der Waals surface area contributed by atoms with Crippen molar-refractivity contribution in [3.8, 4) is 11.5 Å². The number of ether oxygens (including phenoxy) is 2. The van der Waals surface area contributed by atoms with Crippen LogP contribution >= 0.6 is 11.6 Å². The lowest BCUT2D eigenvalue weighted by Gasteiger charge is -2.11. The molecular weight excluding hydrogens is 332 g/mol. The number of hydrogen-bond donors (Lipinski definition) is 2. The van der Waals surface area contributed by atoms with Gasteiger partial charge in [-0.25, -0.2) is 0 Å². The number of methoxy groups -OCH3 is 2. The first-order valence-corrected chi connectivity index (χ1v) is 7.47. The van der Waals surface area contributed by atoms with Gasteiger partial charge in [0, 0.05) is 5.02 Å². The summed E-state index contributed by atoms with van der Waals surface area (Å²) in [5.41, 5.74) is 5.78. The fourth-order valence-corrected chi connectivity index (χ4v) is 2.18. The summed E-state index contributed by atoms with van der Waals surface area (Å²) in [5, 5.41) is 0.451. The molecular formula is C17H17ClN2O4. The van der Waals surface area contributed by atoms with Gasteiger partial charge in [-0.2, -0.15) is 0 Å². The van der Waals surface area contributed by atoms with Gasteiger partial charge in [-0.1, -0.05) is 23.7 Å². The van der Waals surface area contributed by atoms with Crippen LogP contribution < -0.4 is 20.3 Å². The van der Waals surface area contributed by atoms with E-state index in [9.17, 15) is 9.59 Å². The first kappa shape index (κ1) is 17.6. The third kappa shape index (κ3) is 4.63. The molecule has 0 radical (unpaired) electrons. The standard InChI is InChI=1S/C17H17ClN2O4/c1-23-13-6-3-11(4-7-13)9-16(21)19-20-17(22)14-8-5-12(18)10-15(14)24-2/h3-8,10H,9H2,1-2H3,(H,19,21)(H,20,22). The van der Waals surface area contributed by atoms with Gasteiger partial charge < -0.3 is 9.47 Å². The highest BCUT2D eigenvalue weighted by molar-refractivity contribution is 6.30. The number of halogens is 1. The Kier molecular flexibility index (Phi) is 6.03. The lowest BCUT2D eigenvalue weighted by molar-refractivity contribution is -0.121. The number of benzene rings is 2. The topological polar surface area (TPSA) is 76.7 Å². The second-order valence-corrected chi connectivity index (χ2v) is 5.31. The third-order valence-electron chi connectivity index (χ3n) is 3.25. The zero-order valence-corrected chi connectivity index (χ0v) is 14.0. The molecule has 0 saturated carbocycles. The van der Waals surface area contributed by atoms with Crippen LogP contribution in [0.15, 0.2) is 42.5 Å². The Morgan fingerprint density at radius 2 is 1.71 bits per heavy atom. The monoisotopic (exact) mass is 348 g/mol. The summed E-state index contributed by atoms with van der Waals surface area (Å²) in [6.45, 7) is 0. The quantitative estimate of drug-likeness (QED) is 0.813. The number of carbonyl (C=O) groups is 2. The molecule has 0 heterocycles. The normalized spacial score (nSPS) is 9.96. The molecule has 2 rings (SSSR count). The summed E-state index contributed by atoms with van der Waals surface area (Å²) in [7, 11) is 3.01. The minimum absolute atomic E-state index is 0.127. The largest absolute Gasteiger partial charge is 0.497 e. The zero-order valence-electron chi connectivity index (χ0n) is 13.3. The van der Waals surface area contributed by atoms with Crippen LogP contribution in [0.3, 0.4) is 0 Å². The van der Waals surface area contributed by atoms with Crippen molar-refractivity contribution in [1.82, 2.24) is 10.9 Å². The fraction of sp³-hybridized carbons (Fsp3) is 0.176. The molecule has 0 aliphatic carbocycles. The SMILES string of the molecule is COc1ccc(CC(=O)NNC(=O)c2ccc(Cl)cc2OC)cc1. The van der Waals surface area contributed by atoms with E-state index in [1.165, 1.54) is 19.2 Å². The molecule has 2 amide bonds. The molecule has 24 heavy (non-hydrogen) atoms. The predicted octanol–water partition coefficient (Wildman–Crippen LogP) is 2.36. The van der Waals surface area contributed by atoms with Crippen molar-refractivity contribution in [1.29, 1.82) is 0 Å². The average Bonchev–Trinajstić information content (AvgIpc) is 2.60. The number of carbonyl (C=O) groups excluding carboxylic acids is 2. The number of rotatable bonds is 5.